The Morgan fingerprint density at radius 1 is 1.37 bits per heavy atom. The molecule has 3 unspecified atom stereocenters. The zero-order valence-corrected chi connectivity index (χ0v) is 12.7. The lowest BCUT2D eigenvalue weighted by atomic mass is 9.61. The van der Waals surface area contributed by atoms with Gasteiger partial charge in [0.05, 0.1) is 12.5 Å². The van der Waals surface area contributed by atoms with Gasteiger partial charge < -0.3 is 15.2 Å². The zero-order chi connectivity index (χ0) is 14.5. The summed E-state index contributed by atoms with van der Waals surface area (Å²) in [5, 5.41) is 12.8. The molecule has 3 atom stereocenters. The second-order valence-corrected chi connectivity index (χ2v) is 6.25. The summed E-state index contributed by atoms with van der Waals surface area (Å²) in [6.45, 7) is 10.8. The van der Waals surface area contributed by atoms with E-state index in [0.717, 1.165) is 39.0 Å². The number of carboxylic acid groups (broad SMARTS) is 1. The number of nitrogens with one attached hydrogen (secondary N) is 1. The molecule has 0 aliphatic heterocycles. The topological polar surface area (TPSA) is 58.6 Å². The zero-order valence-electron chi connectivity index (χ0n) is 12.7. The fraction of sp³-hybridized carbons (Fsp3) is 0.933. The van der Waals surface area contributed by atoms with Crippen LogP contribution in [-0.2, 0) is 9.53 Å². The lowest BCUT2D eigenvalue weighted by molar-refractivity contribution is -0.150. The maximum absolute atomic E-state index is 11.3. The van der Waals surface area contributed by atoms with Gasteiger partial charge in [-0.3, -0.25) is 4.79 Å². The van der Waals surface area contributed by atoms with Crippen molar-refractivity contribution >= 4 is 5.97 Å². The predicted molar refractivity (Wildman–Crippen MR) is 76.2 cm³/mol. The third-order valence-corrected chi connectivity index (χ3v) is 4.74. The fourth-order valence-corrected chi connectivity index (χ4v) is 3.09. The van der Waals surface area contributed by atoms with Gasteiger partial charge in [0.1, 0.15) is 0 Å². The van der Waals surface area contributed by atoms with E-state index < -0.39 is 5.97 Å². The van der Waals surface area contributed by atoms with Gasteiger partial charge in [-0.1, -0.05) is 27.7 Å². The average Bonchev–Trinajstić information content (AvgIpc) is 2.33. The summed E-state index contributed by atoms with van der Waals surface area (Å²) in [5.74, 6) is -0.521. The normalized spacial score (nSPS) is 30.2. The van der Waals surface area contributed by atoms with Crippen LogP contribution in [0.25, 0.3) is 0 Å². The van der Waals surface area contributed by atoms with Crippen molar-refractivity contribution < 1.29 is 14.6 Å². The van der Waals surface area contributed by atoms with Gasteiger partial charge >= 0.3 is 5.97 Å². The van der Waals surface area contributed by atoms with Gasteiger partial charge in [-0.25, -0.2) is 0 Å². The first-order chi connectivity index (χ1) is 8.91. The Kier molecular flexibility index (Phi) is 6.27. The Hall–Kier alpha value is -0.610. The standard InChI is InChI=1S/C15H29NO3/c1-5-9-19-10-8-16-13-7-6-12(14(17)18)15(3,4)11(13)2/h11-13,16H,5-10H2,1-4H3,(H,17,18). The molecule has 0 aromatic heterocycles. The van der Waals surface area contributed by atoms with Gasteiger partial charge in [-0.2, -0.15) is 0 Å². The molecule has 1 rings (SSSR count). The molecule has 1 fully saturated rings. The van der Waals surface area contributed by atoms with Gasteiger partial charge in [0.2, 0.25) is 0 Å². The highest BCUT2D eigenvalue weighted by Crippen LogP contribution is 2.44. The van der Waals surface area contributed by atoms with Crippen molar-refractivity contribution in [2.24, 2.45) is 17.3 Å². The average molecular weight is 271 g/mol. The van der Waals surface area contributed by atoms with Crippen molar-refractivity contribution in [3.05, 3.63) is 0 Å². The number of aliphatic carboxylic acids is 1. The SMILES string of the molecule is CCCOCCNC1CCC(C(=O)O)C(C)(C)C1C. The third-order valence-electron chi connectivity index (χ3n) is 4.74. The van der Waals surface area contributed by atoms with Gasteiger partial charge in [0.25, 0.3) is 0 Å². The second-order valence-electron chi connectivity index (χ2n) is 6.25. The minimum absolute atomic E-state index is 0.161. The number of rotatable bonds is 7. The maximum atomic E-state index is 11.3. The summed E-state index contributed by atoms with van der Waals surface area (Å²) in [6, 6.07) is 0.399. The van der Waals surface area contributed by atoms with E-state index in [1.165, 1.54) is 0 Å². The number of hydrogen-bond acceptors (Lipinski definition) is 3. The Morgan fingerprint density at radius 2 is 2.05 bits per heavy atom. The lowest BCUT2D eigenvalue weighted by Crippen LogP contribution is -2.51. The molecule has 1 saturated carbocycles. The summed E-state index contributed by atoms with van der Waals surface area (Å²) < 4.78 is 5.46. The van der Waals surface area contributed by atoms with E-state index in [4.69, 9.17) is 4.74 Å². The Morgan fingerprint density at radius 3 is 2.63 bits per heavy atom. The Balaban J connectivity index is 2.44. The van der Waals surface area contributed by atoms with E-state index in [1.807, 2.05) is 0 Å². The molecule has 1 aliphatic rings. The molecule has 112 valence electrons. The van der Waals surface area contributed by atoms with Crippen molar-refractivity contribution in [3.8, 4) is 0 Å². The van der Waals surface area contributed by atoms with Crippen LogP contribution in [0.15, 0.2) is 0 Å². The highest BCUT2D eigenvalue weighted by molar-refractivity contribution is 5.71. The van der Waals surface area contributed by atoms with E-state index in [-0.39, 0.29) is 11.3 Å². The van der Waals surface area contributed by atoms with Crippen LogP contribution < -0.4 is 5.32 Å². The van der Waals surface area contributed by atoms with Crippen molar-refractivity contribution in [1.82, 2.24) is 5.32 Å². The largest absolute Gasteiger partial charge is 0.481 e. The van der Waals surface area contributed by atoms with Crippen LogP contribution in [0.1, 0.15) is 47.0 Å². The minimum Gasteiger partial charge on any atom is -0.481 e. The number of hydrogen-bond donors (Lipinski definition) is 2. The molecule has 0 heterocycles. The fourth-order valence-electron chi connectivity index (χ4n) is 3.09. The number of ether oxygens (including phenoxy) is 1. The third kappa shape index (κ3) is 4.18. The number of carbonyl (C=O) groups is 1. The summed E-state index contributed by atoms with van der Waals surface area (Å²) in [6.07, 6.45) is 2.75. The van der Waals surface area contributed by atoms with Crippen molar-refractivity contribution in [1.29, 1.82) is 0 Å². The summed E-state index contributed by atoms with van der Waals surface area (Å²) in [5.41, 5.74) is -0.161. The molecule has 0 aromatic rings. The molecule has 1 aliphatic carbocycles. The van der Waals surface area contributed by atoms with Crippen LogP contribution in [0.2, 0.25) is 0 Å². The minimum atomic E-state index is -0.651. The molecule has 2 N–H and O–H groups in total. The smallest absolute Gasteiger partial charge is 0.307 e. The first-order valence-electron chi connectivity index (χ1n) is 7.45. The predicted octanol–water partition coefficient (Wildman–Crippen LogP) is 2.53. The molecule has 0 radical (unpaired) electrons. The highest BCUT2D eigenvalue weighted by Gasteiger charge is 2.45. The van der Waals surface area contributed by atoms with Crippen LogP contribution in [0, 0.1) is 17.3 Å². The highest BCUT2D eigenvalue weighted by atomic mass is 16.5. The monoisotopic (exact) mass is 271 g/mol. The molecule has 0 amide bonds. The Bertz CT molecular complexity index is 291. The molecule has 0 bridgehead atoms. The van der Waals surface area contributed by atoms with Crippen molar-refractivity contribution in [2.75, 3.05) is 19.8 Å². The van der Waals surface area contributed by atoms with Gasteiger partial charge in [-0.15, -0.1) is 0 Å². The van der Waals surface area contributed by atoms with Crippen LogP contribution in [-0.4, -0.2) is 36.9 Å². The quantitative estimate of drug-likeness (QED) is 0.699. The Labute approximate surface area is 116 Å². The molecule has 19 heavy (non-hydrogen) atoms. The van der Waals surface area contributed by atoms with Gasteiger partial charge in [0, 0.05) is 19.2 Å². The van der Waals surface area contributed by atoms with Crippen LogP contribution in [0.4, 0.5) is 0 Å². The van der Waals surface area contributed by atoms with E-state index >= 15 is 0 Å². The van der Waals surface area contributed by atoms with E-state index in [1.54, 1.807) is 0 Å². The first kappa shape index (κ1) is 16.4. The molecule has 0 aromatic carbocycles. The lowest BCUT2D eigenvalue weighted by Gasteiger charge is -2.46. The van der Waals surface area contributed by atoms with Crippen LogP contribution >= 0.6 is 0 Å². The van der Waals surface area contributed by atoms with Crippen molar-refractivity contribution in [2.45, 2.75) is 53.0 Å². The van der Waals surface area contributed by atoms with Crippen LogP contribution in [0.5, 0.6) is 0 Å². The summed E-state index contributed by atoms with van der Waals surface area (Å²) >= 11 is 0. The molecule has 0 spiro atoms. The van der Waals surface area contributed by atoms with Crippen molar-refractivity contribution in [3.63, 3.8) is 0 Å². The molecule has 4 heteroatoms. The molecular formula is C15H29NO3. The summed E-state index contributed by atoms with van der Waals surface area (Å²) in [7, 11) is 0. The second kappa shape index (κ2) is 7.25. The summed E-state index contributed by atoms with van der Waals surface area (Å²) in [4.78, 5) is 11.3. The molecule has 4 nitrogen and oxygen atoms in total. The maximum Gasteiger partial charge on any atom is 0.307 e. The van der Waals surface area contributed by atoms with E-state index in [2.05, 4.69) is 33.0 Å². The molecular weight excluding hydrogens is 242 g/mol. The van der Waals surface area contributed by atoms with Gasteiger partial charge in [0.15, 0.2) is 0 Å². The molecule has 0 saturated heterocycles. The van der Waals surface area contributed by atoms with Gasteiger partial charge in [-0.05, 0) is 30.6 Å². The first-order valence-corrected chi connectivity index (χ1v) is 7.45. The van der Waals surface area contributed by atoms with E-state index in [9.17, 15) is 9.90 Å². The van der Waals surface area contributed by atoms with E-state index in [0.29, 0.717) is 12.0 Å². The van der Waals surface area contributed by atoms with Crippen LogP contribution in [0.3, 0.4) is 0 Å². The number of carboxylic acids is 1.